The highest BCUT2D eigenvalue weighted by molar-refractivity contribution is 4.90. The molecule has 17 heavy (non-hydrogen) atoms. The highest BCUT2D eigenvalue weighted by Crippen LogP contribution is 2.01. The average molecular weight is 233 g/mol. The Morgan fingerprint density at radius 3 is 2.94 bits per heavy atom. The van der Waals surface area contributed by atoms with E-state index in [1.165, 1.54) is 29.5 Å². The molecule has 0 unspecified atom stereocenters. The van der Waals surface area contributed by atoms with Crippen molar-refractivity contribution in [2.45, 2.75) is 26.9 Å². The first kappa shape index (κ1) is 11.5. The van der Waals surface area contributed by atoms with Gasteiger partial charge in [-0.05, 0) is 5.92 Å². The monoisotopic (exact) mass is 233 g/mol. The van der Waals surface area contributed by atoms with E-state index in [0.717, 1.165) is 12.4 Å². The second-order valence-corrected chi connectivity index (χ2v) is 4.30. The average Bonchev–Trinajstić information content (AvgIpc) is 2.68. The summed E-state index contributed by atoms with van der Waals surface area (Å²) in [6.07, 6.45) is 4.51. The van der Waals surface area contributed by atoms with Crippen molar-refractivity contribution in [1.82, 2.24) is 24.3 Å². The molecule has 0 aliphatic heterocycles. The van der Waals surface area contributed by atoms with Crippen LogP contribution in [-0.2, 0) is 13.1 Å². The van der Waals surface area contributed by atoms with E-state index in [2.05, 4.69) is 28.9 Å². The zero-order valence-electron chi connectivity index (χ0n) is 9.95. The van der Waals surface area contributed by atoms with Crippen molar-refractivity contribution in [2.24, 2.45) is 5.92 Å². The quantitative estimate of drug-likeness (QED) is 0.773. The third-order valence-electron chi connectivity index (χ3n) is 2.34. The molecule has 0 saturated heterocycles. The van der Waals surface area contributed by atoms with E-state index in [1.54, 1.807) is 0 Å². The van der Waals surface area contributed by atoms with Gasteiger partial charge in [0, 0.05) is 18.8 Å². The predicted octanol–water partition coefficient (Wildman–Crippen LogP) is 0.539. The first-order valence-corrected chi connectivity index (χ1v) is 5.54. The summed E-state index contributed by atoms with van der Waals surface area (Å²) in [6, 6.07) is 1.43. The van der Waals surface area contributed by atoms with Crippen molar-refractivity contribution >= 4 is 0 Å². The van der Waals surface area contributed by atoms with Crippen molar-refractivity contribution in [3.63, 3.8) is 0 Å². The van der Waals surface area contributed by atoms with Crippen LogP contribution in [0.5, 0.6) is 0 Å². The van der Waals surface area contributed by atoms with E-state index in [1.807, 2.05) is 4.68 Å². The third-order valence-corrected chi connectivity index (χ3v) is 2.34. The number of nitrogens with zero attached hydrogens (tertiary/aromatic N) is 5. The maximum atomic E-state index is 11.5. The zero-order valence-corrected chi connectivity index (χ0v) is 9.95. The first-order chi connectivity index (χ1) is 8.16. The van der Waals surface area contributed by atoms with Gasteiger partial charge in [-0.25, -0.2) is 14.6 Å². The SMILES string of the molecule is CC(C)Cn1ncnc1Cn1cnccc1=O. The van der Waals surface area contributed by atoms with Gasteiger partial charge in [0.25, 0.3) is 5.56 Å². The molecule has 0 fully saturated rings. The number of rotatable bonds is 4. The predicted molar refractivity (Wildman–Crippen MR) is 62.5 cm³/mol. The Bertz CT molecular complexity index is 543. The van der Waals surface area contributed by atoms with E-state index in [-0.39, 0.29) is 5.56 Å². The molecule has 0 aliphatic carbocycles. The molecular weight excluding hydrogens is 218 g/mol. The van der Waals surface area contributed by atoms with Gasteiger partial charge in [0.1, 0.15) is 12.2 Å². The molecule has 2 rings (SSSR count). The van der Waals surface area contributed by atoms with Gasteiger partial charge in [-0.2, -0.15) is 5.10 Å². The second-order valence-electron chi connectivity index (χ2n) is 4.30. The van der Waals surface area contributed by atoms with Crippen molar-refractivity contribution in [3.05, 3.63) is 41.1 Å². The number of hydrogen-bond donors (Lipinski definition) is 0. The summed E-state index contributed by atoms with van der Waals surface area (Å²) < 4.78 is 3.34. The van der Waals surface area contributed by atoms with Crippen molar-refractivity contribution < 1.29 is 0 Å². The Hall–Kier alpha value is -1.98. The third kappa shape index (κ3) is 2.77. The molecule has 0 bridgehead atoms. The molecule has 0 N–H and O–H groups in total. The number of hydrogen-bond acceptors (Lipinski definition) is 4. The molecule has 0 spiro atoms. The fourth-order valence-electron chi connectivity index (χ4n) is 1.56. The molecule has 2 aromatic rings. The van der Waals surface area contributed by atoms with Crippen LogP contribution in [0.15, 0.2) is 29.7 Å². The standard InChI is InChI=1S/C11H15N5O/c1-9(2)5-16-10(13-7-14-16)6-15-8-12-4-3-11(15)17/h3-4,7-9H,5-6H2,1-2H3. The van der Waals surface area contributed by atoms with Crippen LogP contribution in [0, 0.1) is 5.92 Å². The summed E-state index contributed by atoms with van der Waals surface area (Å²) in [6.45, 7) is 5.42. The Morgan fingerprint density at radius 1 is 1.41 bits per heavy atom. The van der Waals surface area contributed by atoms with Crippen LogP contribution in [0.3, 0.4) is 0 Å². The Labute approximate surface area is 99.0 Å². The smallest absolute Gasteiger partial charge is 0.253 e. The summed E-state index contributed by atoms with van der Waals surface area (Å²) in [4.78, 5) is 19.6. The minimum atomic E-state index is -0.0842. The first-order valence-electron chi connectivity index (χ1n) is 5.54. The van der Waals surface area contributed by atoms with Crippen LogP contribution in [0.25, 0.3) is 0 Å². The molecule has 0 aromatic carbocycles. The van der Waals surface area contributed by atoms with Crippen LogP contribution in [-0.4, -0.2) is 24.3 Å². The lowest BCUT2D eigenvalue weighted by Gasteiger charge is -2.09. The zero-order chi connectivity index (χ0) is 12.3. The van der Waals surface area contributed by atoms with Gasteiger partial charge in [0.15, 0.2) is 0 Å². The topological polar surface area (TPSA) is 65.6 Å². The van der Waals surface area contributed by atoms with Crippen molar-refractivity contribution in [1.29, 1.82) is 0 Å². The Kier molecular flexibility index (Phi) is 3.32. The van der Waals surface area contributed by atoms with Gasteiger partial charge in [-0.3, -0.25) is 9.36 Å². The van der Waals surface area contributed by atoms with Gasteiger partial charge in [0.2, 0.25) is 0 Å². The summed E-state index contributed by atoms with van der Waals surface area (Å²) in [7, 11) is 0. The normalized spacial score (nSPS) is 11.0. The van der Waals surface area contributed by atoms with Gasteiger partial charge >= 0.3 is 0 Å². The largest absolute Gasteiger partial charge is 0.292 e. The van der Waals surface area contributed by atoms with Gasteiger partial charge in [-0.15, -0.1) is 0 Å². The molecule has 0 radical (unpaired) electrons. The molecule has 0 aliphatic rings. The molecule has 90 valence electrons. The second kappa shape index (κ2) is 4.90. The summed E-state index contributed by atoms with van der Waals surface area (Å²) in [5.74, 6) is 1.26. The highest BCUT2D eigenvalue weighted by atomic mass is 16.1. The molecule has 2 aromatic heterocycles. The lowest BCUT2D eigenvalue weighted by Crippen LogP contribution is -2.22. The van der Waals surface area contributed by atoms with Crippen LogP contribution in [0.4, 0.5) is 0 Å². The van der Waals surface area contributed by atoms with E-state index in [0.29, 0.717) is 12.5 Å². The molecule has 0 saturated carbocycles. The molecule has 2 heterocycles. The number of aromatic nitrogens is 5. The Morgan fingerprint density at radius 2 is 2.24 bits per heavy atom. The fraction of sp³-hybridized carbons (Fsp3) is 0.455. The van der Waals surface area contributed by atoms with E-state index >= 15 is 0 Å². The van der Waals surface area contributed by atoms with Crippen LogP contribution in [0.2, 0.25) is 0 Å². The lowest BCUT2D eigenvalue weighted by molar-refractivity contribution is 0.459. The maximum Gasteiger partial charge on any atom is 0.253 e. The van der Waals surface area contributed by atoms with Crippen LogP contribution in [0.1, 0.15) is 19.7 Å². The van der Waals surface area contributed by atoms with E-state index in [4.69, 9.17) is 0 Å². The molecule has 0 atom stereocenters. The molecule has 6 heteroatoms. The van der Waals surface area contributed by atoms with Gasteiger partial charge < -0.3 is 0 Å². The van der Waals surface area contributed by atoms with E-state index in [9.17, 15) is 4.79 Å². The Balaban J connectivity index is 2.22. The van der Waals surface area contributed by atoms with Crippen molar-refractivity contribution in [3.8, 4) is 0 Å². The lowest BCUT2D eigenvalue weighted by atomic mass is 10.2. The summed E-state index contributed by atoms with van der Waals surface area (Å²) in [5, 5.41) is 4.15. The summed E-state index contributed by atoms with van der Waals surface area (Å²) >= 11 is 0. The van der Waals surface area contributed by atoms with Crippen molar-refractivity contribution in [2.75, 3.05) is 0 Å². The van der Waals surface area contributed by atoms with Gasteiger partial charge in [0.05, 0.1) is 12.9 Å². The minimum absolute atomic E-state index is 0.0842. The van der Waals surface area contributed by atoms with Crippen LogP contribution < -0.4 is 5.56 Å². The van der Waals surface area contributed by atoms with Gasteiger partial charge in [-0.1, -0.05) is 13.8 Å². The minimum Gasteiger partial charge on any atom is -0.292 e. The maximum absolute atomic E-state index is 11.5. The van der Waals surface area contributed by atoms with E-state index < -0.39 is 0 Å². The van der Waals surface area contributed by atoms with Crippen LogP contribution >= 0.6 is 0 Å². The molecular formula is C11H15N5O. The molecule has 6 nitrogen and oxygen atoms in total. The molecule has 0 amide bonds. The fourth-order valence-corrected chi connectivity index (χ4v) is 1.56. The highest BCUT2D eigenvalue weighted by Gasteiger charge is 2.07. The summed E-state index contributed by atoms with van der Waals surface area (Å²) in [5.41, 5.74) is -0.0842.